The molecule has 0 aliphatic heterocycles. The van der Waals surface area contributed by atoms with Crippen molar-refractivity contribution in [2.45, 2.75) is 25.9 Å². The van der Waals surface area contributed by atoms with Gasteiger partial charge in [-0.05, 0) is 18.6 Å². The number of imidazole rings is 1. The lowest BCUT2D eigenvalue weighted by Gasteiger charge is -2.29. The Balaban J connectivity index is 1.97. The van der Waals surface area contributed by atoms with E-state index in [0.717, 1.165) is 5.65 Å². The third kappa shape index (κ3) is 2.75. The number of rotatable bonds is 6. The molecule has 0 aromatic carbocycles. The third-order valence-corrected chi connectivity index (χ3v) is 4.06. The zero-order valence-electron chi connectivity index (χ0n) is 13.2. The van der Waals surface area contributed by atoms with Crippen LogP contribution in [0.3, 0.4) is 0 Å². The monoisotopic (exact) mass is 316 g/mol. The van der Waals surface area contributed by atoms with Crippen LogP contribution >= 0.6 is 0 Å². The van der Waals surface area contributed by atoms with Crippen LogP contribution in [0.5, 0.6) is 0 Å². The molecule has 23 heavy (non-hydrogen) atoms. The van der Waals surface area contributed by atoms with Gasteiger partial charge < -0.3 is 19.0 Å². The molecule has 0 saturated heterocycles. The number of nitrogens with zero attached hydrogens (tertiary/aromatic N) is 4. The smallest absolute Gasteiger partial charge is 0.260 e. The van der Waals surface area contributed by atoms with E-state index in [4.69, 9.17) is 4.42 Å². The van der Waals surface area contributed by atoms with Crippen LogP contribution in [-0.4, -0.2) is 42.7 Å². The standard InChI is InChI=1S/C16H20N4O3/c1-3-12(11-21)19(10-13-5-4-8-23-13)16(22)14-9-17-20-7-6-18(2)15(14)20/h4-9,12,21H,3,10-11H2,1-2H3. The summed E-state index contributed by atoms with van der Waals surface area (Å²) in [5.74, 6) is 0.514. The minimum atomic E-state index is -0.275. The number of fused-ring (bicyclic) bond motifs is 1. The second kappa shape index (κ2) is 6.29. The van der Waals surface area contributed by atoms with Gasteiger partial charge in [0.25, 0.3) is 5.91 Å². The molecule has 0 fully saturated rings. The van der Waals surface area contributed by atoms with Gasteiger partial charge in [0.2, 0.25) is 0 Å². The van der Waals surface area contributed by atoms with Crippen LogP contribution < -0.4 is 0 Å². The van der Waals surface area contributed by atoms with Gasteiger partial charge in [0.1, 0.15) is 17.0 Å². The van der Waals surface area contributed by atoms with E-state index in [9.17, 15) is 9.90 Å². The first-order chi connectivity index (χ1) is 11.2. The molecule has 0 radical (unpaired) electrons. The summed E-state index contributed by atoms with van der Waals surface area (Å²) in [6.07, 6.45) is 7.44. The van der Waals surface area contributed by atoms with Crippen molar-refractivity contribution in [3.05, 3.63) is 48.3 Å². The summed E-state index contributed by atoms with van der Waals surface area (Å²) in [6.45, 7) is 2.16. The molecule has 3 heterocycles. The summed E-state index contributed by atoms with van der Waals surface area (Å²) in [4.78, 5) is 14.7. The lowest BCUT2D eigenvalue weighted by Crippen LogP contribution is -2.41. The van der Waals surface area contributed by atoms with Crippen LogP contribution in [0.4, 0.5) is 0 Å². The first-order valence-corrected chi connectivity index (χ1v) is 7.58. The van der Waals surface area contributed by atoms with Crippen molar-refractivity contribution in [1.29, 1.82) is 0 Å². The molecule has 3 rings (SSSR count). The highest BCUT2D eigenvalue weighted by atomic mass is 16.3. The number of amides is 1. The van der Waals surface area contributed by atoms with Crippen molar-refractivity contribution in [1.82, 2.24) is 19.1 Å². The summed E-state index contributed by atoms with van der Waals surface area (Å²) in [5, 5.41) is 13.9. The van der Waals surface area contributed by atoms with Gasteiger partial charge in [-0.15, -0.1) is 0 Å². The maximum atomic E-state index is 13.1. The lowest BCUT2D eigenvalue weighted by atomic mass is 10.1. The van der Waals surface area contributed by atoms with Crippen LogP contribution in [0.1, 0.15) is 29.5 Å². The van der Waals surface area contributed by atoms with E-state index in [1.54, 1.807) is 34.1 Å². The van der Waals surface area contributed by atoms with Crippen LogP contribution in [0.25, 0.3) is 5.65 Å². The first-order valence-electron chi connectivity index (χ1n) is 7.58. The van der Waals surface area contributed by atoms with Crippen LogP contribution in [0, 0.1) is 0 Å². The highest BCUT2D eigenvalue weighted by Gasteiger charge is 2.27. The molecule has 1 amide bonds. The quantitative estimate of drug-likeness (QED) is 0.751. The minimum Gasteiger partial charge on any atom is -0.467 e. The fourth-order valence-corrected chi connectivity index (χ4v) is 2.74. The summed E-state index contributed by atoms with van der Waals surface area (Å²) >= 11 is 0. The molecule has 0 aliphatic carbocycles. The summed E-state index contributed by atoms with van der Waals surface area (Å²) in [7, 11) is 1.87. The second-order valence-electron chi connectivity index (χ2n) is 5.49. The molecular formula is C16H20N4O3. The van der Waals surface area contributed by atoms with E-state index in [1.807, 2.05) is 30.8 Å². The fraction of sp³-hybridized carbons (Fsp3) is 0.375. The van der Waals surface area contributed by atoms with Gasteiger partial charge in [-0.2, -0.15) is 5.10 Å². The van der Waals surface area contributed by atoms with E-state index in [1.165, 1.54) is 0 Å². The van der Waals surface area contributed by atoms with E-state index < -0.39 is 0 Å². The molecule has 0 bridgehead atoms. The Morgan fingerprint density at radius 2 is 2.30 bits per heavy atom. The number of carbonyl (C=O) groups excluding carboxylic acids is 1. The van der Waals surface area contributed by atoms with E-state index in [2.05, 4.69) is 5.10 Å². The van der Waals surface area contributed by atoms with Crippen molar-refractivity contribution in [3.63, 3.8) is 0 Å². The van der Waals surface area contributed by atoms with Gasteiger partial charge in [-0.3, -0.25) is 4.79 Å². The van der Waals surface area contributed by atoms with Gasteiger partial charge in [0.05, 0.1) is 31.7 Å². The lowest BCUT2D eigenvalue weighted by molar-refractivity contribution is 0.0546. The Hall–Kier alpha value is -2.54. The molecule has 0 aliphatic rings. The van der Waals surface area contributed by atoms with Crippen molar-refractivity contribution in [3.8, 4) is 0 Å². The topological polar surface area (TPSA) is 75.9 Å². The SMILES string of the molecule is CCC(CO)N(Cc1ccco1)C(=O)c1cnn2ccn(C)c12. The molecular weight excluding hydrogens is 296 g/mol. The Bertz CT molecular complexity index is 784. The molecule has 0 saturated carbocycles. The van der Waals surface area contributed by atoms with Crippen molar-refractivity contribution >= 4 is 11.6 Å². The molecule has 7 heteroatoms. The van der Waals surface area contributed by atoms with Gasteiger partial charge in [0.15, 0.2) is 0 Å². The summed E-state index contributed by atoms with van der Waals surface area (Å²) < 4.78 is 8.88. The first kappa shape index (κ1) is 15.4. The molecule has 1 atom stereocenters. The van der Waals surface area contributed by atoms with Crippen LogP contribution in [-0.2, 0) is 13.6 Å². The molecule has 0 spiro atoms. The average molecular weight is 316 g/mol. The van der Waals surface area contributed by atoms with E-state index >= 15 is 0 Å². The van der Waals surface area contributed by atoms with Crippen LogP contribution in [0.2, 0.25) is 0 Å². The Kier molecular flexibility index (Phi) is 4.20. The largest absolute Gasteiger partial charge is 0.467 e. The summed E-state index contributed by atoms with van der Waals surface area (Å²) in [6, 6.07) is 3.33. The summed E-state index contributed by atoms with van der Waals surface area (Å²) in [5.41, 5.74) is 1.24. The maximum Gasteiger partial charge on any atom is 0.260 e. The number of aromatic nitrogens is 3. The van der Waals surface area contributed by atoms with Gasteiger partial charge in [0, 0.05) is 19.4 Å². The van der Waals surface area contributed by atoms with Gasteiger partial charge >= 0.3 is 0 Å². The maximum absolute atomic E-state index is 13.1. The normalized spacial score (nSPS) is 12.7. The minimum absolute atomic E-state index is 0.0967. The van der Waals surface area contributed by atoms with Gasteiger partial charge in [-0.25, -0.2) is 4.52 Å². The zero-order chi connectivity index (χ0) is 16.4. The second-order valence-corrected chi connectivity index (χ2v) is 5.49. The Morgan fingerprint density at radius 1 is 1.48 bits per heavy atom. The number of aryl methyl sites for hydroxylation is 1. The third-order valence-electron chi connectivity index (χ3n) is 4.06. The molecule has 3 aromatic heterocycles. The van der Waals surface area contributed by atoms with Gasteiger partial charge in [-0.1, -0.05) is 6.92 Å². The predicted octanol–water partition coefficient (Wildman–Crippen LogP) is 1.68. The number of furan rings is 1. The van der Waals surface area contributed by atoms with Crippen molar-refractivity contribution in [2.75, 3.05) is 6.61 Å². The van der Waals surface area contributed by atoms with Crippen molar-refractivity contribution < 1.29 is 14.3 Å². The van der Waals surface area contributed by atoms with Crippen LogP contribution in [0.15, 0.2) is 41.4 Å². The van der Waals surface area contributed by atoms with E-state index in [0.29, 0.717) is 24.3 Å². The average Bonchev–Trinajstić information content (AvgIpc) is 3.26. The number of carbonyl (C=O) groups is 1. The van der Waals surface area contributed by atoms with E-state index in [-0.39, 0.29) is 18.6 Å². The highest BCUT2D eigenvalue weighted by molar-refractivity contribution is 6.00. The number of hydrogen-bond acceptors (Lipinski definition) is 4. The molecule has 1 unspecified atom stereocenters. The zero-order valence-corrected chi connectivity index (χ0v) is 13.2. The Morgan fingerprint density at radius 3 is 2.96 bits per heavy atom. The highest BCUT2D eigenvalue weighted by Crippen LogP contribution is 2.19. The fourth-order valence-electron chi connectivity index (χ4n) is 2.74. The number of aliphatic hydroxyl groups excluding tert-OH is 1. The molecule has 122 valence electrons. The number of hydrogen-bond donors (Lipinski definition) is 1. The number of aliphatic hydroxyl groups is 1. The predicted molar refractivity (Wildman–Crippen MR) is 83.9 cm³/mol. The van der Waals surface area contributed by atoms with Crippen molar-refractivity contribution in [2.24, 2.45) is 7.05 Å². The Labute approximate surface area is 133 Å². The molecule has 3 aromatic rings. The molecule has 1 N–H and O–H groups in total. The molecule has 7 nitrogen and oxygen atoms in total.